The van der Waals surface area contributed by atoms with Gasteiger partial charge < -0.3 is 20.1 Å². The van der Waals surface area contributed by atoms with Crippen LogP contribution in [0.1, 0.15) is 162 Å². The molecule has 0 saturated carbocycles. The van der Waals surface area contributed by atoms with Crippen LogP contribution in [0.15, 0.2) is 48.6 Å². The van der Waals surface area contributed by atoms with Gasteiger partial charge in [-0.2, -0.15) is 0 Å². The SMILES string of the molecule is CC/C=C\C/C=C\C/C=C\C/C=C\CCCCC(=O)OC(COC(=O)CCCCCCCCCCCCCCCC)COP(=O)(O)OCCN. The number of phosphoric ester groups is 1. The molecule has 0 aliphatic heterocycles. The molecule has 3 N–H and O–H groups in total. The van der Waals surface area contributed by atoms with E-state index in [-0.39, 0.29) is 32.6 Å². The fourth-order valence-corrected chi connectivity index (χ4v) is 5.86. The predicted molar refractivity (Wildman–Crippen MR) is 206 cm³/mol. The molecule has 0 aliphatic carbocycles. The van der Waals surface area contributed by atoms with Crippen molar-refractivity contribution in [3.8, 4) is 0 Å². The summed E-state index contributed by atoms with van der Waals surface area (Å²) in [5.41, 5.74) is 5.33. The second-order valence-corrected chi connectivity index (χ2v) is 14.2. The lowest BCUT2D eigenvalue weighted by atomic mass is 10.0. The molecule has 50 heavy (non-hydrogen) atoms. The summed E-state index contributed by atoms with van der Waals surface area (Å²) in [6.45, 7) is 3.56. The number of phosphoric acid groups is 1. The molecule has 0 aromatic rings. The number of unbranched alkanes of at least 4 members (excludes halogenated alkanes) is 15. The first kappa shape index (κ1) is 48.0. The minimum absolute atomic E-state index is 0.0457. The third kappa shape index (κ3) is 35.8. The molecule has 2 atom stereocenters. The molecule has 0 aromatic carbocycles. The Kier molecular flexibility index (Phi) is 35.3. The quantitative estimate of drug-likeness (QED) is 0.0280. The van der Waals surface area contributed by atoms with E-state index in [0.717, 1.165) is 57.8 Å². The van der Waals surface area contributed by atoms with Gasteiger partial charge in [-0.25, -0.2) is 4.57 Å². The van der Waals surface area contributed by atoms with Crippen LogP contribution in [0.5, 0.6) is 0 Å². The van der Waals surface area contributed by atoms with Crippen molar-refractivity contribution in [3.05, 3.63) is 48.6 Å². The van der Waals surface area contributed by atoms with Crippen molar-refractivity contribution in [3.63, 3.8) is 0 Å². The monoisotopic (exact) mass is 725 g/mol. The molecule has 0 bridgehead atoms. The van der Waals surface area contributed by atoms with E-state index < -0.39 is 32.5 Å². The van der Waals surface area contributed by atoms with Crippen molar-refractivity contribution in [1.82, 2.24) is 0 Å². The lowest BCUT2D eigenvalue weighted by Crippen LogP contribution is -2.29. The Labute approximate surface area is 305 Å². The largest absolute Gasteiger partial charge is 0.472 e. The van der Waals surface area contributed by atoms with E-state index >= 15 is 0 Å². The van der Waals surface area contributed by atoms with Gasteiger partial charge in [0.05, 0.1) is 13.2 Å². The van der Waals surface area contributed by atoms with Crippen LogP contribution in [0, 0.1) is 0 Å². The van der Waals surface area contributed by atoms with Crippen molar-refractivity contribution in [2.24, 2.45) is 5.73 Å². The molecular weight excluding hydrogens is 653 g/mol. The highest BCUT2D eigenvalue weighted by molar-refractivity contribution is 7.47. The second kappa shape index (κ2) is 36.8. The van der Waals surface area contributed by atoms with E-state index in [2.05, 4.69) is 62.5 Å². The summed E-state index contributed by atoms with van der Waals surface area (Å²) < 4.78 is 32.6. The Bertz CT molecular complexity index is 965. The molecule has 0 spiro atoms. The first-order valence-corrected chi connectivity index (χ1v) is 21.1. The third-order valence-corrected chi connectivity index (χ3v) is 8.96. The fourth-order valence-electron chi connectivity index (χ4n) is 5.09. The number of nitrogens with two attached hydrogens (primary N) is 1. The second-order valence-electron chi connectivity index (χ2n) is 12.8. The smallest absolute Gasteiger partial charge is 0.462 e. The summed E-state index contributed by atoms with van der Waals surface area (Å²) in [5.74, 6) is -0.878. The van der Waals surface area contributed by atoms with Gasteiger partial charge in [-0.05, 0) is 51.4 Å². The molecule has 290 valence electrons. The van der Waals surface area contributed by atoms with Crippen LogP contribution in [0.4, 0.5) is 0 Å². The molecule has 0 rings (SSSR count). The van der Waals surface area contributed by atoms with Gasteiger partial charge in [-0.1, -0.05) is 146 Å². The highest BCUT2D eigenvalue weighted by Crippen LogP contribution is 2.43. The minimum Gasteiger partial charge on any atom is -0.462 e. The lowest BCUT2D eigenvalue weighted by molar-refractivity contribution is -0.161. The van der Waals surface area contributed by atoms with Crippen LogP contribution in [-0.4, -0.2) is 49.3 Å². The molecule has 0 fully saturated rings. The molecule has 10 heteroatoms. The van der Waals surface area contributed by atoms with Crippen molar-refractivity contribution in [1.29, 1.82) is 0 Å². The van der Waals surface area contributed by atoms with Gasteiger partial charge in [0.25, 0.3) is 0 Å². The van der Waals surface area contributed by atoms with Gasteiger partial charge in [-0.15, -0.1) is 0 Å². The van der Waals surface area contributed by atoms with Crippen LogP contribution in [0.25, 0.3) is 0 Å². The molecule has 9 nitrogen and oxygen atoms in total. The van der Waals surface area contributed by atoms with E-state index in [1.165, 1.54) is 70.6 Å². The Morgan fingerprint density at radius 1 is 0.620 bits per heavy atom. The van der Waals surface area contributed by atoms with Crippen LogP contribution in [-0.2, 0) is 32.7 Å². The topological polar surface area (TPSA) is 134 Å². The van der Waals surface area contributed by atoms with E-state index in [0.29, 0.717) is 6.42 Å². The number of carbonyl (C=O) groups is 2. The number of rotatable bonds is 36. The lowest BCUT2D eigenvalue weighted by Gasteiger charge is -2.19. The van der Waals surface area contributed by atoms with Gasteiger partial charge in [-0.3, -0.25) is 18.6 Å². The maximum absolute atomic E-state index is 12.5. The molecule has 0 aliphatic rings. The third-order valence-electron chi connectivity index (χ3n) is 7.98. The Hall–Kier alpha value is -2.03. The molecule has 0 heterocycles. The molecule has 0 radical (unpaired) electrons. The average molecular weight is 726 g/mol. The number of carbonyl (C=O) groups excluding carboxylic acids is 2. The van der Waals surface area contributed by atoms with Gasteiger partial charge >= 0.3 is 19.8 Å². The van der Waals surface area contributed by atoms with Crippen LogP contribution in [0.3, 0.4) is 0 Å². The Morgan fingerprint density at radius 3 is 1.64 bits per heavy atom. The average Bonchev–Trinajstić information content (AvgIpc) is 3.10. The highest BCUT2D eigenvalue weighted by Gasteiger charge is 2.25. The Morgan fingerprint density at radius 2 is 1.10 bits per heavy atom. The maximum atomic E-state index is 12.5. The van der Waals surface area contributed by atoms with Crippen molar-refractivity contribution < 1.29 is 37.6 Å². The number of ether oxygens (including phenoxy) is 2. The number of esters is 2. The zero-order valence-corrected chi connectivity index (χ0v) is 32.5. The first-order valence-electron chi connectivity index (χ1n) is 19.6. The van der Waals surface area contributed by atoms with E-state index in [9.17, 15) is 19.0 Å². The molecule has 0 saturated heterocycles. The van der Waals surface area contributed by atoms with Crippen molar-refractivity contribution >= 4 is 19.8 Å². The van der Waals surface area contributed by atoms with Crippen molar-refractivity contribution in [2.45, 2.75) is 168 Å². The predicted octanol–water partition coefficient (Wildman–Crippen LogP) is 10.8. The highest BCUT2D eigenvalue weighted by atomic mass is 31.2. The first-order chi connectivity index (χ1) is 24.3. The number of hydrogen-bond donors (Lipinski definition) is 2. The molecular formula is C40H72NO8P. The summed E-state index contributed by atoms with van der Waals surface area (Å²) in [7, 11) is -4.38. The number of hydrogen-bond acceptors (Lipinski definition) is 8. The summed E-state index contributed by atoms with van der Waals surface area (Å²) >= 11 is 0. The van der Waals surface area contributed by atoms with Crippen LogP contribution in [0.2, 0.25) is 0 Å². The van der Waals surface area contributed by atoms with Crippen LogP contribution < -0.4 is 5.73 Å². The zero-order chi connectivity index (χ0) is 36.8. The van der Waals surface area contributed by atoms with E-state index in [1.807, 2.05) is 0 Å². The minimum atomic E-state index is -4.38. The normalized spacial score (nSPS) is 13.9. The molecule has 0 amide bonds. The van der Waals surface area contributed by atoms with Gasteiger partial charge in [0.15, 0.2) is 6.10 Å². The maximum Gasteiger partial charge on any atom is 0.472 e. The summed E-state index contributed by atoms with van der Waals surface area (Å²) in [6.07, 6.45) is 40.0. The molecule has 0 aromatic heterocycles. The van der Waals surface area contributed by atoms with Gasteiger partial charge in [0.1, 0.15) is 6.61 Å². The van der Waals surface area contributed by atoms with Gasteiger partial charge in [0, 0.05) is 19.4 Å². The standard InChI is InChI=1S/C40H72NO8P/c1-3-5-7-9-11-13-15-17-19-21-23-25-27-29-31-33-40(43)49-38(37-48-50(44,45)47-35-34-41)36-46-39(42)32-30-28-26-24-22-20-18-16-14-12-10-8-6-4-2/h5,7,11,13,17,19,23,25,38H,3-4,6,8-10,12,14-16,18,20-22,24,26-37,41H2,1-2H3,(H,44,45)/b7-5-,13-11-,19-17-,25-23-. The van der Waals surface area contributed by atoms with E-state index in [1.54, 1.807) is 0 Å². The van der Waals surface area contributed by atoms with E-state index in [4.69, 9.17) is 24.3 Å². The zero-order valence-electron chi connectivity index (χ0n) is 31.6. The summed E-state index contributed by atoms with van der Waals surface area (Å²) in [6, 6.07) is 0. The summed E-state index contributed by atoms with van der Waals surface area (Å²) in [5, 5.41) is 0. The Balaban J connectivity index is 4.28. The summed E-state index contributed by atoms with van der Waals surface area (Å²) in [4.78, 5) is 34.7. The van der Waals surface area contributed by atoms with Crippen LogP contribution >= 0.6 is 7.82 Å². The number of allylic oxidation sites excluding steroid dienone is 8. The van der Waals surface area contributed by atoms with Gasteiger partial charge in [0.2, 0.25) is 0 Å². The van der Waals surface area contributed by atoms with Crippen molar-refractivity contribution in [2.75, 3.05) is 26.4 Å². The molecule has 2 unspecified atom stereocenters. The fraction of sp³-hybridized carbons (Fsp3) is 0.750.